The maximum atomic E-state index is 12.3. The zero-order valence-corrected chi connectivity index (χ0v) is 16.5. The predicted octanol–water partition coefficient (Wildman–Crippen LogP) is 4.41. The molecule has 1 aromatic carbocycles. The first-order valence-electron chi connectivity index (χ1n) is 9.09. The summed E-state index contributed by atoms with van der Waals surface area (Å²) in [6, 6.07) is 12.5. The summed E-state index contributed by atoms with van der Waals surface area (Å²) >= 11 is 3.50. The van der Waals surface area contributed by atoms with Crippen molar-refractivity contribution in [1.29, 1.82) is 0 Å². The van der Waals surface area contributed by atoms with Gasteiger partial charge in [-0.05, 0) is 56.4 Å². The number of nitrogens with zero attached hydrogens (tertiary/aromatic N) is 2. The molecule has 4 rings (SSSR count). The number of carbonyl (C=O) groups excluding carboxylic acids is 1. The first-order valence-corrected chi connectivity index (χ1v) is 10.8. The van der Waals surface area contributed by atoms with Gasteiger partial charge in [0.05, 0.1) is 27.8 Å². The quantitative estimate of drug-likeness (QED) is 0.707. The summed E-state index contributed by atoms with van der Waals surface area (Å²) in [5, 5.41) is 6.41. The first kappa shape index (κ1) is 17.6. The number of aromatic nitrogens is 1. The lowest BCUT2D eigenvalue weighted by Crippen LogP contribution is -2.41. The molecular formula is C20H23N3OS2. The number of para-hydroxylation sites is 1. The van der Waals surface area contributed by atoms with Crippen molar-refractivity contribution in [1.82, 2.24) is 15.2 Å². The molecule has 26 heavy (non-hydrogen) atoms. The van der Waals surface area contributed by atoms with Crippen LogP contribution in [-0.4, -0.2) is 35.4 Å². The Kier molecular flexibility index (Phi) is 5.33. The van der Waals surface area contributed by atoms with Crippen molar-refractivity contribution in [3.63, 3.8) is 0 Å². The van der Waals surface area contributed by atoms with Gasteiger partial charge in [-0.2, -0.15) is 0 Å². The van der Waals surface area contributed by atoms with Crippen molar-refractivity contribution in [2.24, 2.45) is 0 Å². The van der Waals surface area contributed by atoms with E-state index in [2.05, 4.69) is 34.5 Å². The van der Waals surface area contributed by atoms with Crippen LogP contribution in [0.2, 0.25) is 0 Å². The molecule has 3 heterocycles. The highest BCUT2D eigenvalue weighted by Crippen LogP contribution is 2.33. The largest absolute Gasteiger partial charge is 0.348 e. The number of benzene rings is 1. The van der Waals surface area contributed by atoms with E-state index in [1.54, 1.807) is 11.3 Å². The second-order valence-electron chi connectivity index (χ2n) is 6.87. The van der Waals surface area contributed by atoms with Crippen LogP contribution in [-0.2, 0) is 4.79 Å². The van der Waals surface area contributed by atoms with Crippen LogP contribution >= 0.6 is 22.7 Å². The van der Waals surface area contributed by atoms with Crippen LogP contribution in [0.15, 0.2) is 41.8 Å². The number of carbonyl (C=O) groups is 1. The van der Waals surface area contributed by atoms with Gasteiger partial charge in [-0.25, -0.2) is 4.98 Å². The smallest absolute Gasteiger partial charge is 0.234 e. The third-order valence-electron chi connectivity index (χ3n) is 4.96. The Bertz CT molecular complexity index is 833. The number of thiazole rings is 1. The fourth-order valence-electron chi connectivity index (χ4n) is 3.50. The standard InChI is InChI=1S/C20H23N3OS2/c1-14(17-7-4-12-25-17)21-19(24)13-23-10-8-15(9-11-23)20-22-16-5-2-3-6-18(16)26-20/h2-7,12,14-15H,8-11,13H2,1H3,(H,21,24)/t14-/m1/s1. The van der Waals surface area contributed by atoms with Crippen molar-refractivity contribution < 1.29 is 4.79 Å². The van der Waals surface area contributed by atoms with E-state index >= 15 is 0 Å². The highest BCUT2D eigenvalue weighted by Gasteiger charge is 2.24. The van der Waals surface area contributed by atoms with Gasteiger partial charge in [0.25, 0.3) is 0 Å². The van der Waals surface area contributed by atoms with E-state index in [4.69, 9.17) is 4.98 Å². The van der Waals surface area contributed by atoms with Gasteiger partial charge < -0.3 is 5.32 Å². The van der Waals surface area contributed by atoms with Crippen molar-refractivity contribution in [2.45, 2.75) is 31.7 Å². The van der Waals surface area contributed by atoms with Gasteiger partial charge in [0, 0.05) is 10.8 Å². The third kappa shape index (κ3) is 3.98. The third-order valence-corrected chi connectivity index (χ3v) is 7.22. The molecule has 1 aliphatic heterocycles. The molecule has 0 radical (unpaired) electrons. The monoisotopic (exact) mass is 385 g/mol. The minimum absolute atomic E-state index is 0.0859. The number of piperidine rings is 1. The van der Waals surface area contributed by atoms with Gasteiger partial charge in [-0.15, -0.1) is 22.7 Å². The predicted molar refractivity (Wildman–Crippen MR) is 109 cm³/mol. The lowest BCUT2D eigenvalue weighted by Gasteiger charge is -2.30. The van der Waals surface area contributed by atoms with Crippen LogP contribution in [0.4, 0.5) is 0 Å². The molecule has 0 aliphatic carbocycles. The fourth-order valence-corrected chi connectivity index (χ4v) is 5.37. The van der Waals surface area contributed by atoms with Gasteiger partial charge in [0.15, 0.2) is 0 Å². The van der Waals surface area contributed by atoms with Crippen LogP contribution in [0.25, 0.3) is 10.2 Å². The Morgan fingerprint density at radius 3 is 2.81 bits per heavy atom. The van der Waals surface area contributed by atoms with Crippen LogP contribution < -0.4 is 5.32 Å². The Morgan fingerprint density at radius 1 is 1.27 bits per heavy atom. The zero-order valence-electron chi connectivity index (χ0n) is 14.9. The number of fused-ring (bicyclic) bond motifs is 1. The van der Waals surface area contributed by atoms with Crippen LogP contribution in [0.3, 0.4) is 0 Å². The second kappa shape index (κ2) is 7.86. The van der Waals surface area contributed by atoms with Crippen molar-refractivity contribution in [3.8, 4) is 0 Å². The van der Waals surface area contributed by atoms with Gasteiger partial charge in [-0.1, -0.05) is 18.2 Å². The molecule has 1 amide bonds. The molecule has 0 unspecified atom stereocenters. The number of rotatable bonds is 5. The normalized spacial score (nSPS) is 17.4. The maximum absolute atomic E-state index is 12.3. The molecular weight excluding hydrogens is 362 g/mol. The van der Waals surface area contributed by atoms with Crippen LogP contribution in [0, 0.1) is 0 Å². The molecule has 2 aromatic heterocycles. The molecule has 0 spiro atoms. The summed E-state index contributed by atoms with van der Waals surface area (Å²) < 4.78 is 1.27. The zero-order chi connectivity index (χ0) is 17.9. The fraction of sp³-hybridized carbons (Fsp3) is 0.400. The summed E-state index contributed by atoms with van der Waals surface area (Å²) in [4.78, 5) is 20.6. The maximum Gasteiger partial charge on any atom is 0.234 e. The summed E-state index contributed by atoms with van der Waals surface area (Å²) in [5.41, 5.74) is 1.11. The molecule has 6 heteroatoms. The van der Waals surface area contributed by atoms with E-state index in [1.807, 2.05) is 35.8 Å². The average molecular weight is 386 g/mol. The first-order chi connectivity index (χ1) is 12.7. The number of likely N-dealkylation sites (tertiary alicyclic amines) is 1. The highest BCUT2D eigenvalue weighted by atomic mass is 32.1. The second-order valence-corrected chi connectivity index (χ2v) is 8.92. The van der Waals surface area contributed by atoms with Crippen LogP contribution in [0.1, 0.15) is 41.6 Å². The molecule has 3 aromatic rings. The molecule has 1 fully saturated rings. The Hall–Kier alpha value is -1.76. The molecule has 0 bridgehead atoms. The minimum atomic E-state index is 0.0859. The van der Waals surface area contributed by atoms with Crippen LogP contribution in [0.5, 0.6) is 0 Å². The molecule has 4 nitrogen and oxygen atoms in total. The van der Waals surface area contributed by atoms with Crippen molar-refractivity contribution in [2.75, 3.05) is 19.6 Å². The molecule has 0 saturated carbocycles. The lowest BCUT2D eigenvalue weighted by atomic mass is 9.97. The lowest BCUT2D eigenvalue weighted by molar-refractivity contribution is -0.123. The highest BCUT2D eigenvalue weighted by molar-refractivity contribution is 7.18. The number of nitrogens with one attached hydrogen (secondary N) is 1. The van der Waals surface area contributed by atoms with E-state index in [0.717, 1.165) is 31.4 Å². The molecule has 1 aliphatic rings. The molecule has 136 valence electrons. The average Bonchev–Trinajstić information content (AvgIpc) is 3.32. The summed E-state index contributed by atoms with van der Waals surface area (Å²) in [5.74, 6) is 0.640. The van der Waals surface area contributed by atoms with Crippen molar-refractivity contribution in [3.05, 3.63) is 51.7 Å². The number of thiophene rings is 1. The van der Waals surface area contributed by atoms with Gasteiger partial charge in [-0.3, -0.25) is 9.69 Å². The van der Waals surface area contributed by atoms with Crippen molar-refractivity contribution >= 4 is 38.8 Å². The van der Waals surface area contributed by atoms with Gasteiger partial charge in [0.2, 0.25) is 5.91 Å². The van der Waals surface area contributed by atoms with Gasteiger partial charge >= 0.3 is 0 Å². The number of hydrogen-bond acceptors (Lipinski definition) is 5. The van der Waals surface area contributed by atoms with E-state index in [0.29, 0.717) is 12.5 Å². The van der Waals surface area contributed by atoms with E-state index in [1.165, 1.54) is 14.6 Å². The van der Waals surface area contributed by atoms with E-state index in [9.17, 15) is 4.79 Å². The Balaban J connectivity index is 1.28. The molecule has 1 saturated heterocycles. The Morgan fingerprint density at radius 2 is 2.08 bits per heavy atom. The summed E-state index contributed by atoms with van der Waals surface area (Å²) in [6.07, 6.45) is 2.15. The topological polar surface area (TPSA) is 45.2 Å². The molecule has 1 atom stereocenters. The number of amides is 1. The van der Waals surface area contributed by atoms with Gasteiger partial charge in [0.1, 0.15) is 0 Å². The van der Waals surface area contributed by atoms with E-state index in [-0.39, 0.29) is 11.9 Å². The summed E-state index contributed by atoms with van der Waals surface area (Å²) in [7, 11) is 0. The summed E-state index contributed by atoms with van der Waals surface area (Å²) in [6.45, 7) is 4.45. The number of hydrogen-bond donors (Lipinski definition) is 1. The molecule has 1 N–H and O–H groups in total. The Labute approximate surface area is 161 Å². The minimum Gasteiger partial charge on any atom is -0.348 e. The van der Waals surface area contributed by atoms with E-state index < -0.39 is 0 Å². The SMILES string of the molecule is C[C@@H](NC(=O)CN1CCC(c2nc3ccccc3s2)CC1)c1cccs1.